The number of carbonyl (C=O) groups excluding carboxylic acids is 1. The van der Waals surface area contributed by atoms with E-state index < -0.39 is 12.0 Å². The Labute approximate surface area is 107 Å². The number of hydrogen-bond donors (Lipinski definition) is 1. The standard InChI is InChI=1S/C11H23NO6/c1-14-3-4-16-5-6-17-7-8-18-9-10(12)11(13)15-2/h10H,3-9,12H2,1-2H3. The van der Waals surface area contributed by atoms with Crippen LogP contribution in [0, 0.1) is 0 Å². The summed E-state index contributed by atoms with van der Waals surface area (Å²) in [5, 5.41) is 0. The fourth-order valence-electron chi connectivity index (χ4n) is 1.01. The predicted octanol–water partition coefficient (Wildman–Crippen LogP) is -0.817. The molecule has 108 valence electrons. The van der Waals surface area contributed by atoms with Gasteiger partial charge >= 0.3 is 5.97 Å². The van der Waals surface area contributed by atoms with E-state index in [0.717, 1.165) is 0 Å². The van der Waals surface area contributed by atoms with Crippen molar-refractivity contribution >= 4 is 5.97 Å². The van der Waals surface area contributed by atoms with Gasteiger partial charge in [-0.3, -0.25) is 4.79 Å². The molecule has 0 aromatic heterocycles. The molecule has 2 N–H and O–H groups in total. The Morgan fingerprint density at radius 2 is 1.44 bits per heavy atom. The summed E-state index contributed by atoms with van der Waals surface area (Å²) in [5.41, 5.74) is 5.46. The molecule has 0 saturated heterocycles. The van der Waals surface area contributed by atoms with Gasteiger partial charge in [0.25, 0.3) is 0 Å². The summed E-state index contributed by atoms with van der Waals surface area (Å²) in [6, 6.07) is -0.743. The lowest BCUT2D eigenvalue weighted by Gasteiger charge is -2.10. The highest BCUT2D eigenvalue weighted by molar-refractivity contribution is 5.75. The molecule has 1 atom stereocenters. The van der Waals surface area contributed by atoms with Crippen molar-refractivity contribution in [2.75, 3.05) is 60.5 Å². The summed E-state index contributed by atoms with van der Waals surface area (Å²) in [6.45, 7) is 3.09. The predicted molar refractivity (Wildman–Crippen MR) is 64.3 cm³/mol. The van der Waals surface area contributed by atoms with E-state index in [0.29, 0.717) is 39.6 Å². The second kappa shape index (κ2) is 12.7. The molecule has 18 heavy (non-hydrogen) atoms. The van der Waals surface area contributed by atoms with Gasteiger partial charge in [-0.25, -0.2) is 0 Å². The van der Waals surface area contributed by atoms with Crippen LogP contribution in [0.25, 0.3) is 0 Å². The third-order valence-electron chi connectivity index (χ3n) is 1.98. The van der Waals surface area contributed by atoms with Crippen molar-refractivity contribution in [1.29, 1.82) is 0 Å². The SMILES string of the molecule is COCCOCCOCCOCC(N)C(=O)OC. The highest BCUT2D eigenvalue weighted by Crippen LogP contribution is 1.87. The van der Waals surface area contributed by atoms with Crippen LogP contribution < -0.4 is 5.73 Å². The molecule has 0 radical (unpaired) electrons. The minimum atomic E-state index is -0.743. The van der Waals surface area contributed by atoms with Gasteiger partial charge < -0.3 is 29.4 Å². The molecule has 0 aliphatic carbocycles. The molecule has 0 aliphatic heterocycles. The number of nitrogens with two attached hydrogens (primary N) is 1. The Morgan fingerprint density at radius 3 is 1.94 bits per heavy atom. The van der Waals surface area contributed by atoms with Crippen molar-refractivity contribution in [3.05, 3.63) is 0 Å². The number of rotatable bonds is 12. The maximum Gasteiger partial charge on any atom is 0.325 e. The van der Waals surface area contributed by atoms with Gasteiger partial charge in [-0.1, -0.05) is 0 Å². The quantitative estimate of drug-likeness (QED) is 0.364. The first-order valence-corrected chi connectivity index (χ1v) is 5.78. The van der Waals surface area contributed by atoms with E-state index in [4.69, 9.17) is 24.7 Å². The number of ether oxygens (including phenoxy) is 5. The minimum Gasteiger partial charge on any atom is -0.468 e. The Balaban J connectivity index is 3.14. The highest BCUT2D eigenvalue weighted by Gasteiger charge is 2.12. The van der Waals surface area contributed by atoms with Crippen molar-refractivity contribution in [3.63, 3.8) is 0 Å². The van der Waals surface area contributed by atoms with Crippen LogP contribution in [0.1, 0.15) is 0 Å². The maximum atomic E-state index is 10.9. The third kappa shape index (κ3) is 10.4. The van der Waals surface area contributed by atoms with Crippen molar-refractivity contribution in [1.82, 2.24) is 0 Å². The van der Waals surface area contributed by atoms with Gasteiger partial charge in [0.05, 0.1) is 53.4 Å². The second-order valence-corrected chi connectivity index (χ2v) is 3.42. The van der Waals surface area contributed by atoms with Crippen molar-refractivity contribution in [2.24, 2.45) is 5.73 Å². The van der Waals surface area contributed by atoms with E-state index in [9.17, 15) is 4.79 Å². The fourth-order valence-corrected chi connectivity index (χ4v) is 1.01. The van der Waals surface area contributed by atoms with Crippen LogP contribution in [0.3, 0.4) is 0 Å². The Bertz CT molecular complexity index is 202. The summed E-state index contributed by atoms with van der Waals surface area (Å²) < 4.78 is 24.8. The van der Waals surface area contributed by atoms with E-state index in [1.165, 1.54) is 7.11 Å². The summed E-state index contributed by atoms with van der Waals surface area (Å²) in [7, 11) is 2.91. The van der Waals surface area contributed by atoms with Crippen LogP contribution in [0.15, 0.2) is 0 Å². The normalized spacial score (nSPS) is 12.4. The molecular weight excluding hydrogens is 242 g/mol. The molecule has 0 aromatic carbocycles. The third-order valence-corrected chi connectivity index (χ3v) is 1.98. The number of carbonyl (C=O) groups is 1. The van der Waals surface area contributed by atoms with Crippen LogP contribution >= 0.6 is 0 Å². The zero-order valence-electron chi connectivity index (χ0n) is 11.1. The van der Waals surface area contributed by atoms with Crippen LogP contribution in [0.5, 0.6) is 0 Å². The summed E-state index contributed by atoms with van der Waals surface area (Å²) >= 11 is 0. The van der Waals surface area contributed by atoms with Gasteiger partial charge in [0.1, 0.15) is 6.04 Å². The molecule has 0 bridgehead atoms. The van der Waals surface area contributed by atoms with E-state index in [-0.39, 0.29) is 6.61 Å². The van der Waals surface area contributed by atoms with Gasteiger partial charge in [-0.2, -0.15) is 0 Å². The lowest BCUT2D eigenvalue weighted by molar-refractivity contribution is -0.143. The molecule has 0 aromatic rings. The highest BCUT2D eigenvalue weighted by atomic mass is 16.6. The molecule has 7 heteroatoms. The smallest absolute Gasteiger partial charge is 0.325 e. The number of esters is 1. The molecule has 0 rings (SSSR count). The monoisotopic (exact) mass is 265 g/mol. The fraction of sp³-hybridized carbons (Fsp3) is 0.909. The molecule has 1 unspecified atom stereocenters. The topological polar surface area (TPSA) is 89.2 Å². The lowest BCUT2D eigenvalue weighted by atomic mass is 10.3. The van der Waals surface area contributed by atoms with E-state index >= 15 is 0 Å². The van der Waals surface area contributed by atoms with Crippen molar-refractivity contribution in [3.8, 4) is 0 Å². The first-order chi connectivity index (χ1) is 8.72. The van der Waals surface area contributed by atoms with E-state index in [1.54, 1.807) is 7.11 Å². The number of methoxy groups -OCH3 is 2. The zero-order chi connectivity index (χ0) is 13.6. The molecule has 0 amide bonds. The Kier molecular flexibility index (Phi) is 12.2. The van der Waals surface area contributed by atoms with Gasteiger partial charge in [0.15, 0.2) is 0 Å². The summed E-state index contributed by atoms with van der Waals surface area (Å²) in [4.78, 5) is 10.9. The Hall–Kier alpha value is -0.730. The van der Waals surface area contributed by atoms with Crippen LogP contribution in [0.2, 0.25) is 0 Å². The largest absolute Gasteiger partial charge is 0.468 e. The van der Waals surface area contributed by atoms with E-state index in [1.807, 2.05) is 0 Å². The van der Waals surface area contributed by atoms with Gasteiger partial charge in [-0.15, -0.1) is 0 Å². The maximum absolute atomic E-state index is 10.9. The minimum absolute atomic E-state index is 0.125. The average molecular weight is 265 g/mol. The average Bonchev–Trinajstić information content (AvgIpc) is 2.39. The summed E-state index contributed by atoms with van der Waals surface area (Å²) in [6.07, 6.45) is 0. The summed E-state index contributed by atoms with van der Waals surface area (Å²) in [5.74, 6) is -0.484. The second-order valence-electron chi connectivity index (χ2n) is 3.42. The molecule has 0 fully saturated rings. The van der Waals surface area contributed by atoms with Gasteiger partial charge in [0, 0.05) is 7.11 Å². The van der Waals surface area contributed by atoms with Crippen molar-refractivity contribution in [2.45, 2.75) is 6.04 Å². The zero-order valence-corrected chi connectivity index (χ0v) is 11.1. The van der Waals surface area contributed by atoms with E-state index in [2.05, 4.69) is 4.74 Å². The first kappa shape index (κ1) is 17.3. The van der Waals surface area contributed by atoms with Crippen LogP contribution in [-0.4, -0.2) is 72.5 Å². The molecule has 0 saturated carbocycles. The Morgan fingerprint density at radius 1 is 0.944 bits per heavy atom. The number of hydrogen-bond acceptors (Lipinski definition) is 7. The molecule has 0 aliphatic rings. The lowest BCUT2D eigenvalue weighted by Crippen LogP contribution is -2.36. The molecule has 0 spiro atoms. The van der Waals surface area contributed by atoms with Crippen molar-refractivity contribution < 1.29 is 28.5 Å². The van der Waals surface area contributed by atoms with Crippen LogP contribution in [0.4, 0.5) is 0 Å². The van der Waals surface area contributed by atoms with Gasteiger partial charge in [0.2, 0.25) is 0 Å². The van der Waals surface area contributed by atoms with Crippen LogP contribution in [-0.2, 0) is 28.5 Å². The van der Waals surface area contributed by atoms with Gasteiger partial charge in [-0.05, 0) is 0 Å². The molecule has 7 nitrogen and oxygen atoms in total. The molecule has 0 heterocycles. The first-order valence-electron chi connectivity index (χ1n) is 5.78. The molecular formula is C11H23NO6.